The van der Waals surface area contributed by atoms with Crippen molar-refractivity contribution in [1.29, 1.82) is 0 Å². The molecule has 0 saturated heterocycles. The quantitative estimate of drug-likeness (QED) is 0.858. The SMILES string of the molecule is COc1cccnc1C(N)c1ncc(C)cn1. The molecular formula is C12H14N4O. The van der Waals surface area contributed by atoms with E-state index in [1.165, 1.54) is 0 Å². The number of nitrogens with two attached hydrogens (primary N) is 1. The van der Waals surface area contributed by atoms with Crippen LogP contribution in [0.1, 0.15) is 23.1 Å². The van der Waals surface area contributed by atoms with Crippen LogP contribution in [0.3, 0.4) is 0 Å². The van der Waals surface area contributed by atoms with Crippen molar-refractivity contribution in [3.63, 3.8) is 0 Å². The topological polar surface area (TPSA) is 73.9 Å². The fourth-order valence-electron chi connectivity index (χ4n) is 1.49. The highest BCUT2D eigenvalue weighted by Gasteiger charge is 2.17. The Balaban J connectivity index is 2.36. The Kier molecular flexibility index (Phi) is 3.30. The van der Waals surface area contributed by atoms with Crippen LogP contribution in [0.2, 0.25) is 0 Å². The lowest BCUT2D eigenvalue weighted by atomic mass is 10.1. The zero-order valence-corrected chi connectivity index (χ0v) is 9.79. The van der Waals surface area contributed by atoms with Crippen molar-refractivity contribution >= 4 is 0 Å². The Bertz CT molecular complexity index is 498. The van der Waals surface area contributed by atoms with Crippen LogP contribution in [-0.2, 0) is 0 Å². The first-order chi connectivity index (χ1) is 8.22. The van der Waals surface area contributed by atoms with Crippen LogP contribution in [0.25, 0.3) is 0 Å². The highest BCUT2D eigenvalue weighted by molar-refractivity contribution is 5.32. The van der Waals surface area contributed by atoms with Crippen molar-refractivity contribution in [3.8, 4) is 5.75 Å². The molecule has 0 radical (unpaired) electrons. The minimum Gasteiger partial charge on any atom is -0.495 e. The van der Waals surface area contributed by atoms with Crippen molar-refractivity contribution in [2.45, 2.75) is 13.0 Å². The van der Waals surface area contributed by atoms with Crippen LogP contribution >= 0.6 is 0 Å². The molecule has 0 aromatic carbocycles. The molecule has 2 rings (SSSR count). The third kappa shape index (κ3) is 2.39. The van der Waals surface area contributed by atoms with Gasteiger partial charge in [-0.25, -0.2) is 9.97 Å². The van der Waals surface area contributed by atoms with Crippen molar-refractivity contribution in [1.82, 2.24) is 15.0 Å². The second-order valence-corrected chi connectivity index (χ2v) is 3.69. The van der Waals surface area contributed by atoms with Crippen LogP contribution in [0.5, 0.6) is 5.75 Å². The first kappa shape index (κ1) is 11.5. The molecule has 2 aromatic rings. The van der Waals surface area contributed by atoms with Gasteiger partial charge in [0.25, 0.3) is 0 Å². The fraction of sp³-hybridized carbons (Fsp3) is 0.250. The summed E-state index contributed by atoms with van der Waals surface area (Å²) in [7, 11) is 1.59. The summed E-state index contributed by atoms with van der Waals surface area (Å²) >= 11 is 0. The minimum atomic E-state index is -0.480. The normalized spacial score (nSPS) is 12.2. The van der Waals surface area contributed by atoms with Gasteiger partial charge in [-0.3, -0.25) is 4.98 Å². The molecule has 1 unspecified atom stereocenters. The zero-order chi connectivity index (χ0) is 12.3. The molecule has 5 nitrogen and oxygen atoms in total. The van der Waals surface area contributed by atoms with E-state index >= 15 is 0 Å². The number of methoxy groups -OCH3 is 1. The van der Waals surface area contributed by atoms with E-state index in [1.807, 2.05) is 13.0 Å². The van der Waals surface area contributed by atoms with Gasteiger partial charge in [0.2, 0.25) is 0 Å². The van der Waals surface area contributed by atoms with Gasteiger partial charge in [-0.2, -0.15) is 0 Å². The second-order valence-electron chi connectivity index (χ2n) is 3.69. The maximum atomic E-state index is 6.08. The van der Waals surface area contributed by atoms with E-state index in [2.05, 4.69) is 15.0 Å². The molecule has 17 heavy (non-hydrogen) atoms. The molecule has 1 atom stereocenters. The van der Waals surface area contributed by atoms with Crippen LogP contribution in [0.4, 0.5) is 0 Å². The van der Waals surface area contributed by atoms with E-state index in [-0.39, 0.29) is 0 Å². The average Bonchev–Trinajstić information content (AvgIpc) is 2.39. The molecule has 0 saturated carbocycles. The zero-order valence-electron chi connectivity index (χ0n) is 9.79. The summed E-state index contributed by atoms with van der Waals surface area (Å²) in [6, 6.07) is 3.13. The van der Waals surface area contributed by atoms with Crippen LogP contribution in [0, 0.1) is 6.92 Å². The van der Waals surface area contributed by atoms with Crippen molar-refractivity contribution in [3.05, 3.63) is 47.8 Å². The van der Waals surface area contributed by atoms with Crippen LogP contribution in [0.15, 0.2) is 30.7 Å². The van der Waals surface area contributed by atoms with Gasteiger partial charge in [-0.05, 0) is 24.6 Å². The Morgan fingerprint density at radius 1 is 1.24 bits per heavy atom. The molecule has 0 aliphatic rings. The van der Waals surface area contributed by atoms with E-state index in [1.54, 1.807) is 31.8 Å². The van der Waals surface area contributed by atoms with Gasteiger partial charge < -0.3 is 10.5 Å². The molecule has 0 spiro atoms. The number of hydrogen-bond donors (Lipinski definition) is 1. The van der Waals surface area contributed by atoms with E-state index in [0.29, 0.717) is 17.3 Å². The van der Waals surface area contributed by atoms with Crippen LogP contribution in [-0.4, -0.2) is 22.1 Å². The highest BCUT2D eigenvalue weighted by atomic mass is 16.5. The van der Waals surface area contributed by atoms with Crippen molar-refractivity contribution in [2.75, 3.05) is 7.11 Å². The summed E-state index contributed by atoms with van der Waals surface area (Å²) in [4.78, 5) is 12.6. The van der Waals surface area contributed by atoms with Gasteiger partial charge in [0, 0.05) is 18.6 Å². The predicted octanol–water partition coefficient (Wildman–Crippen LogP) is 1.24. The van der Waals surface area contributed by atoms with E-state index in [0.717, 1.165) is 5.56 Å². The summed E-state index contributed by atoms with van der Waals surface area (Å²) in [6.07, 6.45) is 5.14. The van der Waals surface area contributed by atoms with Gasteiger partial charge in [-0.1, -0.05) is 0 Å². The molecule has 0 amide bonds. The third-order valence-corrected chi connectivity index (χ3v) is 2.39. The van der Waals surface area contributed by atoms with Crippen molar-refractivity contribution < 1.29 is 4.74 Å². The Hall–Kier alpha value is -2.01. The average molecular weight is 230 g/mol. The molecule has 0 aliphatic heterocycles. The van der Waals surface area contributed by atoms with Gasteiger partial charge in [0.1, 0.15) is 17.5 Å². The maximum Gasteiger partial charge on any atom is 0.151 e. The summed E-state index contributed by atoms with van der Waals surface area (Å²) in [6.45, 7) is 1.93. The number of pyridine rings is 1. The molecule has 2 aromatic heterocycles. The molecule has 88 valence electrons. The lowest BCUT2D eigenvalue weighted by Crippen LogP contribution is -2.17. The fourth-order valence-corrected chi connectivity index (χ4v) is 1.49. The molecule has 0 aliphatic carbocycles. The summed E-state index contributed by atoms with van der Waals surface area (Å²) < 4.78 is 5.21. The Morgan fingerprint density at radius 2 is 1.94 bits per heavy atom. The van der Waals surface area contributed by atoms with Crippen LogP contribution < -0.4 is 10.5 Å². The molecule has 0 bridgehead atoms. The second kappa shape index (κ2) is 4.88. The van der Waals surface area contributed by atoms with Gasteiger partial charge in [0.05, 0.1) is 7.11 Å². The predicted molar refractivity (Wildman–Crippen MR) is 63.6 cm³/mol. The van der Waals surface area contributed by atoms with Gasteiger partial charge >= 0.3 is 0 Å². The standard InChI is InChI=1S/C12H14N4O/c1-8-6-15-12(16-7-8)10(13)11-9(17-2)4-3-5-14-11/h3-7,10H,13H2,1-2H3. The number of hydrogen-bond acceptors (Lipinski definition) is 5. The number of rotatable bonds is 3. The Morgan fingerprint density at radius 3 is 2.59 bits per heavy atom. The Labute approximate surface area is 99.7 Å². The maximum absolute atomic E-state index is 6.08. The number of aromatic nitrogens is 3. The summed E-state index contributed by atoms with van der Waals surface area (Å²) in [5.74, 6) is 1.18. The van der Waals surface area contributed by atoms with Gasteiger partial charge in [0.15, 0.2) is 5.82 Å². The summed E-state index contributed by atoms with van der Waals surface area (Å²) in [5, 5.41) is 0. The van der Waals surface area contributed by atoms with Crippen molar-refractivity contribution in [2.24, 2.45) is 5.73 Å². The number of aryl methyl sites for hydroxylation is 1. The van der Waals surface area contributed by atoms with E-state index < -0.39 is 6.04 Å². The monoisotopic (exact) mass is 230 g/mol. The molecule has 0 fully saturated rings. The molecular weight excluding hydrogens is 216 g/mol. The third-order valence-electron chi connectivity index (χ3n) is 2.39. The molecule has 2 N–H and O–H groups in total. The smallest absolute Gasteiger partial charge is 0.151 e. The largest absolute Gasteiger partial charge is 0.495 e. The minimum absolute atomic E-state index is 0.480. The first-order valence-electron chi connectivity index (χ1n) is 5.25. The lowest BCUT2D eigenvalue weighted by molar-refractivity contribution is 0.404. The van der Waals surface area contributed by atoms with Gasteiger partial charge in [-0.15, -0.1) is 0 Å². The highest BCUT2D eigenvalue weighted by Crippen LogP contribution is 2.23. The van der Waals surface area contributed by atoms with E-state index in [4.69, 9.17) is 10.5 Å². The molecule has 5 heteroatoms. The number of nitrogens with zero attached hydrogens (tertiary/aromatic N) is 3. The van der Waals surface area contributed by atoms with E-state index in [9.17, 15) is 0 Å². The first-order valence-corrected chi connectivity index (χ1v) is 5.25. The molecule has 2 heterocycles. The summed E-state index contributed by atoms with van der Waals surface area (Å²) in [5.41, 5.74) is 7.71. The lowest BCUT2D eigenvalue weighted by Gasteiger charge is -2.12. The number of ether oxygens (including phenoxy) is 1.